The van der Waals surface area contributed by atoms with Crippen molar-refractivity contribution in [2.24, 2.45) is 0 Å². The first kappa shape index (κ1) is 22.8. The SMILES string of the molecule is O=C(CC(c1ccccc1)c1ccccc1)NCCc1ccc(C[C@H]2SC(=O)NC2=O)cc1. The third-order valence-electron chi connectivity index (χ3n) is 5.74. The Labute approximate surface area is 198 Å². The monoisotopic (exact) mass is 458 g/mol. The molecule has 4 rings (SSSR count). The Morgan fingerprint density at radius 1 is 0.848 bits per heavy atom. The number of nitrogens with one attached hydrogen (secondary N) is 2. The minimum Gasteiger partial charge on any atom is -0.356 e. The van der Waals surface area contributed by atoms with Gasteiger partial charge in [0, 0.05) is 18.9 Å². The van der Waals surface area contributed by atoms with Crippen LogP contribution in [-0.2, 0) is 22.4 Å². The van der Waals surface area contributed by atoms with Crippen molar-refractivity contribution in [2.75, 3.05) is 6.54 Å². The number of hydrogen-bond acceptors (Lipinski definition) is 4. The number of benzene rings is 3. The lowest BCUT2D eigenvalue weighted by molar-refractivity contribution is -0.121. The second-order valence-electron chi connectivity index (χ2n) is 8.08. The molecule has 1 aliphatic heterocycles. The number of imide groups is 1. The van der Waals surface area contributed by atoms with Crippen LogP contribution in [0, 0.1) is 0 Å². The van der Waals surface area contributed by atoms with Crippen molar-refractivity contribution in [3.05, 3.63) is 107 Å². The number of rotatable bonds is 9. The fraction of sp³-hybridized carbons (Fsp3) is 0.222. The van der Waals surface area contributed by atoms with E-state index in [0.29, 0.717) is 19.4 Å². The van der Waals surface area contributed by atoms with E-state index in [0.717, 1.165) is 40.4 Å². The van der Waals surface area contributed by atoms with E-state index in [4.69, 9.17) is 0 Å². The molecule has 1 fully saturated rings. The maximum Gasteiger partial charge on any atom is 0.286 e. The van der Waals surface area contributed by atoms with Crippen LogP contribution in [0.25, 0.3) is 0 Å². The van der Waals surface area contributed by atoms with Gasteiger partial charge in [0.25, 0.3) is 5.24 Å². The van der Waals surface area contributed by atoms with Crippen molar-refractivity contribution in [3.8, 4) is 0 Å². The molecule has 6 heteroatoms. The summed E-state index contributed by atoms with van der Waals surface area (Å²) >= 11 is 1.04. The summed E-state index contributed by atoms with van der Waals surface area (Å²) in [5, 5.41) is 4.73. The smallest absolute Gasteiger partial charge is 0.286 e. The quantitative estimate of drug-likeness (QED) is 0.496. The topological polar surface area (TPSA) is 75.3 Å². The summed E-state index contributed by atoms with van der Waals surface area (Å²) in [5.41, 5.74) is 4.38. The molecule has 0 aromatic heterocycles. The molecule has 1 aliphatic rings. The molecule has 3 amide bonds. The van der Waals surface area contributed by atoms with Gasteiger partial charge in [0.2, 0.25) is 11.8 Å². The van der Waals surface area contributed by atoms with Crippen molar-refractivity contribution >= 4 is 28.8 Å². The zero-order valence-corrected chi connectivity index (χ0v) is 19.0. The van der Waals surface area contributed by atoms with Gasteiger partial charge < -0.3 is 5.32 Å². The van der Waals surface area contributed by atoms with Crippen LogP contribution in [0.3, 0.4) is 0 Å². The average Bonchev–Trinajstić information content (AvgIpc) is 3.16. The van der Waals surface area contributed by atoms with Gasteiger partial charge in [0.15, 0.2) is 0 Å². The summed E-state index contributed by atoms with van der Waals surface area (Å²) < 4.78 is 0. The molecule has 0 bridgehead atoms. The van der Waals surface area contributed by atoms with Gasteiger partial charge in [0.1, 0.15) is 0 Å². The lowest BCUT2D eigenvalue weighted by Crippen LogP contribution is -2.27. The van der Waals surface area contributed by atoms with Crippen LogP contribution in [0.4, 0.5) is 4.79 Å². The molecule has 33 heavy (non-hydrogen) atoms. The standard InChI is InChI=1S/C27H26N2O3S/c30-25(18-23(21-7-3-1-4-8-21)22-9-5-2-6-10-22)28-16-15-19-11-13-20(14-12-19)17-24-26(31)29-27(32)33-24/h1-14,23-24H,15-18H2,(H,28,30)(H,29,31,32)/t24-/m1/s1. The highest BCUT2D eigenvalue weighted by molar-refractivity contribution is 8.15. The lowest BCUT2D eigenvalue weighted by Gasteiger charge is -2.18. The first-order chi connectivity index (χ1) is 16.1. The van der Waals surface area contributed by atoms with Crippen LogP contribution in [0.5, 0.6) is 0 Å². The predicted molar refractivity (Wildman–Crippen MR) is 131 cm³/mol. The third-order valence-corrected chi connectivity index (χ3v) is 6.72. The first-order valence-electron chi connectivity index (χ1n) is 11.0. The van der Waals surface area contributed by atoms with Gasteiger partial charge in [-0.2, -0.15) is 0 Å². The van der Waals surface area contributed by atoms with E-state index < -0.39 is 0 Å². The molecule has 0 spiro atoms. The molecule has 0 radical (unpaired) electrons. The van der Waals surface area contributed by atoms with Crippen LogP contribution in [0.2, 0.25) is 0 Å². The van der Waals surface area contributed by atoms with E-state index >= 15 is 0 Å². The second-order valence-corrected chi connectivity index (χ2v) is 9.26. The second kappa shape index (κ2) is 11.0. The van der Waals surface area contributed by atoms with Gasteiger partial charge in [-0.15, -0.1) is 0 Å². The van der Waals surface area contributed by atoms with E-state index in [9.17, 15) is 14.4 Å². The van der Waals surface area contributed by atoms with Crippen molar-refractivity contribution in [1.82, 2.24) is 10.6 Å². The number of carbonyl (C=O) groups excluding carboxylic acids is 3. The lowest BCUT2D eigenvalue weighted by atomic mass is 9.88. The third kappa shape index (κ3) is 6.33. The minimum atomic E-state index is -0.357. The van der Waals surface area contributed by atoms with Crippen LogP contribution in [0.1, 0.15) is 34.6 Å². The molecular weight excluding hydrogens is 432 g/mol. The Hall–Kier alpha value is -3.38. The fourth-order valence-electron chi connectivity index (χ4n) is 3.99. The summed E-state index contributed by atoms with van der Waals surface area (Å²) in [5.74, 6) is -0.177. The summed E-state index contributed by atoms with van der Waals surface area (Å²) in [6, 6.07) is 28.2. The average molecular weight is 459 g/mol. The molecule has 3 aromatic carbocycles. The summed E-state index contributed by atoms with van der Waals surface area (Å²) in [6.45, 7) is 0.559. The van der Waals surface area contributed by atoms with Gasteiger partial charge in [-0.3, -0.25) is 19.7 Å². The van der Waals surface area contributed by atoms with Gasteiger partial charge in [0.05, 0.1) is 5.25 Å². The molecular formula is C27H26N2O3S. The highest BCUT2D eigenvalue weighted by atomic mass is 32.2. The zero-order valence-electron chi connectivity index (χ0n) is 18.2. The zero-order chi connectivity index (χ0) is 23.0. The summed E-state index contributed by atoms with van der Waals surface area (Å²) in [4.78, 5) is 35.7. The van der Waals surface area contributed by atoms with Crippen LogP contribution in [-0.4, -0.2) is 28.8 Å². The molecule has 3 aromatic rings. The first-order valence-corrected chi connectivity index (χ1v) is 11.9. The Bertz CT molecular complexity index is 1060. The summed E-state index contributed by atoms with van der Waals surface area (Å²) in [6.07, 6.45) is 1.65. The van der Waals surface area contributed by atoms with Crippen molar-refractivity contribution in [1.29, 1.82) is 0 Å². The van der Waals surface area contributed by atoms with Crippen molar-refractivity contribution in [2.45, 2.75) is 30.4 Å². The molecule has 5 nitrogen and oxygen atoms in total. The Morgan fingerprint density at radius 2 is 1.42 bits per heavy atom. The molecule has 1 atom stereocenters. The molecule has 0 aliphatic carbocycles. The van der Waals surface area contributed by atoms with E-state index in [2.05, 4.69) is 34.9 Å². The Balaban J connectivity index is 1.28. The largest absolute Gasteiger partial charge is 0.356 e. The molecule has 1 heterocycles. The maximum absolute atomic E-state index is 12.7. The number of amides is 3. The summed E-state index contributed by atoms with van der Waals surface area (Å²) in [7, 11) is 0. The van der Waals surface area contributed by atoms with E-state index in [-0.39, 0.29) is 28.2 Å². The van der Waals surface area contributed by atoms with Gasteiger partial charge >= 0.3 is 0 Å². The molecule has 2 N–H and O–H groups in total. The maximum atomic E-state index is 12.7. The van der Waals surface area contributed by atoms with E-state index in [1.165, 1.54) is 0 Å². The molecule has 0 saturated carbocycles. The van der Waals surface area contributed by atoms with Crippen molar-refractivity contribution in [3.63, 3.8) is 0 Å². The van der Waals surface area contributed by atoms with E-state index in [1.807, 2.05) is 60.7 Å². The normalized spacial score (nSPS) is 15.5. The number of thioether (sulfide) groups is 1. The molecule has 168 valence electrons. The van der Waals surface area contributed by atoms with Crippen LogP contribution in [0.15, 0.2) is 84.9 Å². The molecule has 0 unspecified atom stereocenters. The van der Waals surface area contributed by atoms with Gasteiger partial charge in [-0.1, -0.05) is 96.7 Å². The van der Waals surface area contributed by atoms with Crippen LogP contribution < -0.4 is 10.6 Å². The van der Waals surface area contributed by atoms with Crippen LogP contribution >= 0.6 is 11.8 Å². The van der Waals surface area contributed by atoms with Gasteiger partial charge in [-0.25, -0.2) is 0 Å². The number of carbonyl (C=O) groups is 3. The highest BCUT2D eigenvalue weighted by Crippen LogP contribution is 2.27. The van der Waals surface area contributed by atoms with Gasteiger partial charge in [-0.05, 0) is 35.1 Å². The highest BCUT2D eigenvalue weighted by Gasteiger charge is 2.31. The minimum absolute atomic E-state index is 0.0178. The number of hydrogen-bond donors (Lipinski definition) is 2. The van der Waals surface area contributed by atoms with E-state index in [1.54, 1.807) is 0 Å². The predicted octanol–water partition coefficient (Wildman–Crippen LogP) is 4.46. The fourth-order valence-corrected chi connectivity index (χ4v) is 4.85. The Kier molecular flexibility index (Phi) is 7.58. The Morgan fingerprint density at radius 3 is 1.97 bits per heavy atom. The van der Waals surface area contributed by atoms with Crippen molar-refractivity contribution < 1.29 is 14.4 Å². The molecule has 1 saturated heterocycles.